The normalized spacial score (nSPS) is 21.8. The second-order valence-corrected chi connectivity index (χ2v) is 5.95. The number of nitrogens with zero attached hydrogens (tertiary/aromatic N) is 2. The molecule has 1 amide bonds. The van der Waals surface area contributed by atoms with E-state index < -0.39 is 0 Å². The van der Waals surface area contributed by atoms with Crippen molar-refractivity contribution < 1.29 is 4.79 Å². The standard InChI is InChI=1S/C15H21N5O.2ClH/c1-9(16)10-2-4-11(5-3-10)15(21)19-13-6-7-17-14-12(13)8-18-20-14;;/h6-11H,2-5,16H2,1H3,(H2,17,18,19,20,21);2*1H/t9-,10?,11?;;/m1../s1. The molecule has 0 unspecified atom stereocenters. The highest BCUT2D eigenvalue weighted by atomic mass is 35.5. The summed E-state index contributed by atoms with van der Waals surface area (Å²) in [6, 6.07) is 2.03. The lowest BCUT2D eigenvalue weighted by Gasteiger charge is -2.30. The third-order valence-electron chi connectivity index (χ3n) is 4.50. The molecule has 2 aromatic heterocycles. The predicted molar refractivity (Wildman–Crippen MR) is 96.1 cm³/mol. The summed E-state index contributed by atoms with van der Waals surface area (Å²) in [5, 5.41) is 10.6. The van der Waals surface area contributed by atoms with E-state index in [1.54, 1.807) is 12.4 Å². The minimum atomic E-state index is 0. The molecule has 3 rings (SSSR count). The molecule has 0 spiro atoms. The predicted octanol–water partition coefficient (Wildman–Crippen LogP) is 2.89. The summed E-state index contributed by atoms with van der Waals surface area (Å²) in [6.45, 7) is 2.05. The zero-order valence-corrected chi connectivity index (χ0v) is 14.6. The molecule has 1 atom stereocenters. The fourth-order valence-corrected chi connectivity index (χ4v) is 3.10. The molecule has 1 saturated carbocycles. The van der Waals surface area contributed by atoms with Crippen LogP contribution in [-0.4, -0.2) is 27.1 Å². The molecule has 128 valence electrons. The Bertz CT molecular complexity index is 638. The fraction of sp³-hybridized carbons (Fsp3) is 0.533. The van der Waals surface area contributed by atoms with Gasteiger partial charge in [-0.25, -0.2) is 4.98 Å². The minimum absolute atomic E-state index is 0. The number of halogens is 2. The van der Waals surface area contributed by atoms with Crippen molar-refractivity contribution in [1.29, 1.82) is 0 Å². The molecule has 1 aliphatic rings. The van der Waals surface area contributed by atoms with Crippen LogP contribution in [0.2, 0.25) is 0 Å². The number of nitrogens with two attached hydrogens (primary N) is 1. The number of carbonyl (C=O) groups is 1. The van der Waals surface area contributed by atoms with Crippen LogP contribution in [0, 0.1) is 11.8 Å². The first kappa shape index (κ1) is 19.7. The summed E-state index contributed by atoms with van der Waals surface area (Å²) >= 11 is 0. The van der Waals surface area contributed by atoms with Crippen LogP contribution < -0.4 is 11.1 Å². The van der Waals surface area contributed by atoms with Crippen molar-refractivity contribution in [3.05, 3.63) is 18.5 Å². The minimum Gasteiger partial charge on any atom is -0.328 e. The Morgan fingerprint density at radius 3 is 2.70 bits per heavy atom. The molecule has 0 saturated heterocycles. The van der Waals surface area contributed by atoms with E-state index in [1.807, 2.05) is 6.07 Å². The molecular formula is C15H23Cl2N5O. The summed E-state index contributed by atoms with van der Waals surface area (Å²) in [5.74, 6) is 0.720. The molecule has 8 heteroatoms. The highest BCUT2D eigenvalue weighted by molar-refractivity contribution is 6.00. The van der Waals surface area contributed by atoms with E-state index in [4.69, 9.17) is 5.73 Å². The number of carbonyl (C=O) groups excluding carboxylic acids is 1. The molecule has 23 heavy (non-hydrogen) atoms. The van der Waals surface area contributed by atoms with E-state index >= 15 is 0 Å². The number of aromatic nitrogens is 3. The van der Waals surface area contributed by atoms with Crippen molar-refractivity contribution in [2.24, 2.45) is 17.6 Å². The van der Waals surface area contributed by atoms with E-state index in [0.29, 0.717) is 11.6 Å². The average molecular weight is 360 g/mol. The van der Waals surface area contributed by atoms with Gasteiger partial charge < -0.3 is 11.1 Å². The lowest BCUT2D eigenvalue weighted by molar-refractivity contribution is -0.121. The number of hydrogen-bond donors (Lipinski definition) is 3. The summed E-state index contributed by atoms with van der Waals surface area (Å²) < 4.78 is 0. The maximum Gasteiger partial charge on any atom is 0.227 e. The van der Waals surface area contributed by atoms with Gasteiger partial charge in [0.05, 0.1) is 17.3 Å². The molecule has 0 aromatic carbocycles. The zero-order valence-electron chi connectivity index (χ0n) is 13.0. The molecular weight excluding hydrogens is 337 g/mol. The third-order valence-corrected chi connectivity index (χ3v) is 4.50. The zero-order chi connectivity index (χ0) is 14.8. The average Bonchev–Trinajstić information content (AvgIpc) is 2.97. The molecule has 0 bridgehead atoms. The SMILES string of the molecule is C[C@@H](N)C1CCC(C(=O)Nc2ccnc3[nH]ncc23)CC1.Cl.Cl. The molecule has 1 fully saturated rings. The third kappa shape index (κ3) is 4.34. The molecule has 6 nitrogen and oxygen atoms in total. The Balaban J connectivity index is 0.00000132. The Kier molecular flexibility index (Phi) is 7.25. The summed E-state index contributed by atoms with van der Waals surface area (Å²) in [6.07, 6.45) is 7.25. The van der Waals surface area contributed by atoms with Gasteiger partial charge in [0.1, 0.15) is 0 Å². The second kappa shape index (κ2) is 8.47. The first-order chi connectivity index (χ1) is 10.1. The summed E-state index contributed by atoms with van der Waals surface area (Å²) in [5.41, 5.74) is 7.40. The van der Waals surface area contributed by atoms with E-state index in [9.17, 15) is 4.79 Å². The van der Waals surface area contributed by atoms with Crippen molar-refractivity contribution >= 4 is 47.4 Å². The second-order valence-electron chi connectivity index (χ2n) is 5.95. The van der Waals surface area contributed by atoms with Gasteiger partial charge in [-0.3, -0.25) is 9.89 Å². The van der Waals surface area contributed by atoms with E-state index in [-0.39, 0.29) is 42.7 Å². The van der Waals surface area contributed by atoms with Crippen molar-refractivity contribution in [1.82, 2.24) is 15.2 Å². The highest BCUT2D eigenvalue weighted by Gasteiger charge is 2.28. The van der Waals surface area contributed by atoms with Crippen LogP contribution in [0.4, 0.5) is 5.69 Å². The van der Waals surface area contributed by atoms with Crippen molar-refractivity contribution in [2.45, 2.75) is 38.6 Å². The van der Waals surface area contributed by atoms with E-state index in [1.165, 1.54) is 0 Å². The maximum atomic E-state index is 12.4. The summed E-state index contributed by atoms with van der Waals surface area (Å²) in [7, 11) is 0. The van der Waals surface area contributed by atoms with Gasteiger partial charge in [-0.1, -0.05) is 0 Å². The van der Waals surface area contributed by atoms with E-state index in [2.05, 4.69) is 27.4 Å². The number of nitrogens with one attached hydrogen (secondary N) is 2. The maximum absolute atomic E-state index is 12.4. The van der Waals surface area contributed by atoms with Crippen LogP contribution in [0.3, 0.4) is 0 Å². The number of H-pyrrole nitrogens is 1. The number of pyridine rings is 1. The van der Waals surface area contributed by atoms with Gasteiger partial charge in [-0.15, -0.1) is 24.8 Å². The smallest absolute Gasteiger partial charge is 0.227 e. The van der Waals surface area contributed by atoms with Crippen molar-refractivity contribution in [3.63, 3.8) is 0 Å². The van der Waals surface area contributed by atoms with Gasteiger partial charge >= 0.3 is 0 Å². The van der Waals surface area contributed by atoms with Crippen LogP contribution in [0.1, 0.15) is 32.6 Å². The van der Waals surface area contributed by atoms with Crippen LogP contribution in [-0.2, 0) is 4.79 Å². The lowest BCUT2D eigenvalue weighted by atomic mass is 9.79. The van der Waals surface area contributed by atoms with Gasteiger partial charge in [0.25, 0.3) is 0 Å². The largest absolute Gasteiger partial charge is 0.328 e. The topological polar surface area (TPSA) is 96.7 Å². The number of anilines is 1. The van der Waals surface area contributed by atoms with Crippen LogP contribution in [0.15, 0.2) is 18.5 Å². The van der Waals surface area contributed by atoms with Crippen molar-refractivity contribution in [2.75, 3.05) is 5.32 Å². The van der Waals surface area contributed by atoms with Crippen LogP contribution >= 0.6 is 24.8 Å². The van der Waals surface area contributed by atoms with Gasteiger partial charge in [-0.2, -0.15) is 5.10 Å². The number of aromatic amines is 1. The molecule has 0 radical (unpaired) electrons. The lowest BCUT2D eigenvalue weighted by Crippen LogP contribution is -2.33. The van der Waals surface area contributed by atoms with E-state index in [0.717, 1.165) is 36.8 Å². The molecule has 0 aliphatic heterocycles. The molecule has 4 N–H and O–H groups in total. The molecule has 1 aliphatic carbocycles. The fourth-order valence-electron chi connectivity index (χ4n) is 3.10. The van der Waals surface area contributed by atoms with Gasteiger partial charge in [-0.05, 0) is 44.6 Å². The number of amides is 1. The van der Waals surface area contributed by atoms with Gasteiger partial charge in [0.2, 0.25) is 5.91 Å². The van der Waals surface area contributed by atoms with Crippen LogP contribution in [0.25, 0.3) is 11.0 Å². The Hall–Kier alpha value is -1.37. The quantitative estimate of drug-likeness (QED) is 0.784. The summed E-state index contributed by atoms with van der Waals surface area (Å²) in [4.78, 5) is 16.6. The Labute approximate surface area is 147 Å². The Morgan fingerprint density at radius 2 is 2.04 bits per heavy atom. The first-order valence-electron chi connectivity index (χ1n) is 7.49. The monoisotopic (exact) mass is 359 g/mol. The molecule has 2 aromatic rings. The molecule has 2 heterocycles. The number of fused-ring (bicyclic) bond motifs is 1. The number of rotatable bonds is 3. The number of hydrogen-bond acceptors (Lipinski definition) is 4. The van der Waals surface area contributed by atoms with Crippen molar-refractivity contribution in [3.8, 4) is 0 Å². The van der Waals surface area contributed by atoms with Gasteiger partial charge in [0, 0.05) is 18.2 Å². The van der Waals surface area contributed by atoms with Crippen LogP contribution in [0.5, 0.6) is 0 Å². The first-order valence-corrected chi connectivity index (χ1v) is 7.49. The highest BCUT2D eigenvalue weighted by Crippen LogP contribution is 2.31. The Morgan fingerprint density at radius 1 is 1.35 bits per heavy atom. The van der Waals surface area contributed by atoms with Gasteiger partial charge in [0.15, 0.2) is 5.65 Å².